The molecule has 1 aromatic carbocycles. The number of hydrogen-bond acceptors (Lipinski definition) is 3. The van der Waals surface area contributed by atoms with Crippen LogP contribution in [0.15, 0.2) is 35.3 Å². The highest BCUT2D eigenvalue weighted by atomic mass is 127. The summed E-state index contributed by atoms with van der Waals surface area (Å²) in [6, 6.07) is 9.31. The van der Waals surface area contributed by atoms with Crippen molar-refractivity contribution in [3.8, 4) is 0 Å². The third kappa shape index (κ3) is 9.79. The lowest BCUT2D eigenvalue weighted by Gasteiger charge is -2.13. The Kier molecular flexibility index (Phi) is 11.2. The van der Waals surface area contributed by atoms with Gasteiger partial charge in [0.15, 0.2) is 5.96 Å². The molecule has 0 saturated carbocycles. The van der Waals surface area contributed by atoms with E-state index in [1.165, 1.54) is 0 Å². The van der Waals surface area contributed by atoms with Crippen molar-refractivity contribution in [1.82, 2.24) is 20.4 Å². The van der Waals surface area contributed by atoms with Crippen LogP contribution in [-0.2, 0) is 24.4 Å². The van der Waals surface area contributed by atoms with Crippen LogP contribution in [0.25, 0.3) is 0 Å². The minimum atomic E-state index is -4.31. The highest BCUT2D eigenvalue weighted by molar-refractivity contribution is 14.0. The molecule has 10 heteroatoms. The first-order valence-electron chi connectivity index (χ1n) is 9.45. The van der Waals surface area contributed by atoms with Gasteiger partial charge in [-0.05, 0) is 37.5 Å². The second kappa shape index (κ2) is 12.8. The highest BCUT2D eigenvalue weighted by Crippen LogP contribution is 2.16. The highest BCUT2D eigenvalue weighted by Gasteiger charge is 2.27. The molecule has 0 radical (unpaired) electrons. The SMILES string of the molecule is CN=C(NCCCn1nc(C)cc1C)NCc1cccc(COCC(F)(F)F)c1.I. The molecule has 0 fully saturated rings. The maximum atomic E-state index is 12.2. The Bertz CT molecular complexity index is 808. The number of aryl methyl sites for hydroxylation is 3. The number of aromatic nitrogens is 2. The average Bonchev–Trinajstić information content (AvgIpc) is 2.97. The quantitative estimate of drug-likeness (QED) is 0.219. The first kappa shape index (κ1) is 26.2. The summed E-state index contributed by atoms with van der Waals surface area (Å²) in [6.07, 6.45) is -3.42. The largest absolute Gasteiger partial charge is 0.411 e. The maximum absolute atomic E-state index is 12.2. The predicted molar refractivity (Wildman–Crippen MR) is 122 cm³/mol. The monoisotopic (exact) mass is 539 g/mol. The van der Waals surface area contributed by atoms with Gasteiger partial charge in [0, 0.05) is 32.4 Å². The zero-order valence-electron chi connectivity index (χ0n) is 17.4. The summed E-state index contributed by atoms with van der Waals surface area (Å²) in [5.41, 5.74) is 3.79. The molecule has 2 rings (SSSR count). The Morgan fingerprint density at radius 1 is 1.17 bits per heavy atom. The van der Waals surface area contributed by atoms with Crippen LogP contribution >= 0.6 is 24.0 Å². The predicted octanol–water partition coefficient (Wildman–Crippen LogP) is 3.95. The number of rotatable bonds is 9. The number of aliphatic imine (C=N–C) groups is 1. The number of halogens is 4. The zero-order chi connectivity index (χ0) is 21.3. The Balaban J connectivity index is 0.00000450. The second-order valence-electron chi connectivity index (χ2n) is 6.78. The van der Waals surface area contributed by atoms with E-state index in [4.69, 9.17) is 4.74 Å². The maximum Gasteiger partial charge on any atom is 0.411 e. The molecule has 30 heavy (non-hydrogen) atoms. The molecule has 168 valence electrons. The first-order chi connectivity index (χ1) is 13.8. The van der Waals surface area contributed by atoms with Crippen molar-refractivity contribution in [3.63, 3.8) is 0 Å². The zero-order valence-corrected chi connectivity index (χ0v) is 19.8. The third-order valence-corrected chi connectivity index (χ3v) is 4.15. The van der Waals surface area contributed by atoms with Crippen molar-refractivity contribution >= 4 is 29.9 Å². The van der Waals surface area contributed by atoms with Crippen LogP contribution in [0.2, 0.25) is 0 Å². The van der Waals surface area contributed by atoms with Crippen LogP contribution in [0.4, 0.5) is 13.2 Å². The standard InChI is InChI=1S/C20H28F3N5O.HI/c1-15-10-16(2)28(27-15)9-5-8-25-19(24-3)26-12-17-6-4-7-18(11-17)13-29-14-20(21,22)23;/h4,6-7,10-11H,5,8-9,12-14H2,1-3H3,(H2,24,25,26);1H. The van der Waals surface area contributed by atoms with E-state index in [0.29, 0.717) is 18.1 Å². The molecule has 0 bridgehead atoms. The fourth-order valence-corrected chi connectivity index (χ4v) is 2.86. The van der Waals surface area contributed by atoms with E-state index in [2.05, 4.69) is 26.8 Å². The summed E-state index contributed by atoms with van der Waals surface area (Å²) >= 11 is 0. The molecule has 0 aliphatic carbocycles. The Morgan fingerprint density at radius 2 is 1.90 bits per heavy atom. The van der Waals surface area contributed by atoms with Crippen LogP contribution in [0.5, 0.6) is 0 Å². The van der Waals surface area contributed by atoms with E-state index in [-0.39, 0.29) is 30.6 Å². The van der Waals surface area contributed by atoms with E-state index < -0.39 is 12.8 Å². The molecule has 1 aromatic heterocycles. The third-order valence-electron chi connectivity index (χ3n) is 4.15. The van der Waals surface area contributed by atoms with Crippen LogP contribution in [0.3, 0.4) is 0 Å². The smallest absolute Gasteiger partial charge is 0.367 e. The second-order valence-corrected chi connectivity index (χ2v) is 6.78. The Labute approximate surface area is 192 Å². The van der Waals surface area contributed by atoms with Crippen LogP contribution in [0.1, 0.15) is 28.9 Å². The van der Waals surface area contributed by atoms with Crippen LogP contribution in [0, 0.1) is 13.8 Å². The van der Waals surface area contributed by atoms with Crippen LogP contribution < -0.4 is 10.6 Å². The lowest BCUT2D eigenvalue weighted by molar-refractivity contribution is -0.176. The van der Waals surface area contributed by atoms with Gasteiger partial charge in [0.1, 0.15) is 6.61 Å². The van der Waals surface area contributed by atoms with E-state index >= 15 is 0 Å². The number of nitrogens with one attached hydrogen (secondary N) is 2. The van der Waals surface area contributed by atoms with Gasteiger partial charge in [-0.1, -0.05) is 24.3 Å². The number of ether oxygens (including phenoxy) is 1. The number of hydrogen-bond donors (Lipinski definition) is 2. The molecular formula is C20H29F3IN5O. The number of nitrogens with zero attached hydrogens (tertiary/aromatic N) is 3. The molecule has 0 spiro atoms. The fraction of sp³-hybridized carbons (Fsp3) is 0.500. The molecule has 0 unspecified atom stereocenters. The van der Waals surface area contributed by atoms with Gasteiger partial charge >= 0.3 is 6.18 Å². The van der Waals surface area contributed by atoms with E-state index in [1.54, 1.807) is 19.2 Å². The summed E-state index contributed by atoms with van der Waals surface area (Å²) in [7, 11) is 1.69. The lowest BCUT2D eigenvalue weighted by atomic mass is 10.1. The first-order valence-corrected chi connectivity index (χ1v) is 9.45. The fourth-order valence-electron chi connectivity index (χ4n) is 2.86. The molecule has 6 nitrogen and oxygen atoms in total. The average molecular weight is 539 g/mol. The van der Waals surface area contributed by atoms with Crippen LogP contribution in [-0.4, -0.2) is 42.1 Å². The van der Waals surface area contributed by atoms with Gasteiger partial charge in [-0.3, -0.25) is 9.67 Å². The van der Waals surface area contributed by atoms with Crippen molar-refractivity contribution in [2.24, 2.45) is 4.99 Å². The van der Waals surface area contributed by atoms with Gasteiger partial charge < -0.3 is 15.4 Å². The van der Waals surface area contributed by atoms with Gasteiger partial charge in [-0.2, -0.15) is 18.3 Å². The summed E-state index contributed by atoms with van der Waals surface area (Å²) < 4.78 is 43.2. The Morgan fingerprint density at radius 3 is 2.53 bits per heavy atom. The normalized spacial score (nSPS) is 11.9. The molecule has 2 aromatic rings. The summed E-state index contributed by atoms with van der Waals surface area (Å²) in [6.45, 7) is 4.76. The summed E-state index contributed by atoms with van der Waals surface area (Å²) in [5.74, 6) is 0.664. The van der Waals surface area contributed by atoms with E-state index in [0.717, 1.165) is 36.5 Å². The minimum absolute atomic E-state index is 0. The molecule has 0 aliphatic rings. The lowest BCUT2D eigenvalue weighted by Crippen LogP contribution is -2.37. The van der Waals surface area contributed by atoms with Crippen molar-refractivity contribution in [3.05, 3.63) is 52.8 Å². The topological polar surface area (TPSA) is 63.5 Å². The van der Waals surface area contributed by atoms with Gasteiger partial charge in [-0.15, -0.1) is 24.0 Å². The molecule has 2 N–H and O–H groups in total. The molecular weight excluding hydrogens is 510 g/mol. The van der Waals surface area contributed by atoms with Gasteiger partial charge in [-0.25, -0.2) is 0 Å². The molecule has 0 aliphatic heterocycles. The van der Waals surface area contributed by atoms with Gasteiger partial charge in [0.2, 0.25) is 0 Å². The van der Waals surface area contributed by atoms with Crippen molar-refractivity contribution in [1.29, 1.82) is 0 Å². The van der Waals surface area contributed by atoms with E-state index in [9.17, 15) is 13.2 Å². The molecule has 0 saturated heterocycles. The van der Waals surface area contributed by atoms with E-state index in [1.807, 2.05) is 30.7 Å². The van der Waals surface area contributed by atoms with Crippen molar-refractivity contribution in [2.75, 3.05) is 20.2 Å². The van der Waals surface area contributed by atoms with Crippen molar-refractivity contribution < 1.29 is 17.9 Å². The molecule has 0 amide bonds. The van der Waals surface area contributed by atoms with Crippen molar-refractivity contribution in [2.45, 2.75) is 46.1 Å². The Hall–Kier alpha value is -1.82. The number of benzene rings is 1. The minimum Gasteiger partial charge on any atom is -0.367 e. The number of alkyl halides is 3. The summed E-state index contributed by atoms with van der Waals surface area (Å²) in [5, 5.41) is 10.9. The number of guanidine groups is 1. The van der Waals surface area contributed by atoms with Gasteiger partial charge in [0.05, 0.1) is 12.3 Å². The molecule has 0 atom stereocenters. The van der Waals surface area contributed by atoms with Gasteiger partial charge in [0.25, 0.3) is 0 Å². The summed E-state index contributed by atoms with van der Waals surface area (Å²) in [4.78, 5) is 4.19. The molecule has 1 heterocycles.